The Balaban J connectivity index is 1.69. The van der Waals surface area contributed by atoms with Crippen molar-refractivity contribution in [2.24, 2.45) is 0 Å². The Morgan fingerprint density at radius 3 is 2.70 bits per heavy atom. The van der Waals surface area contributed by atoms with E-state index in [0.717, 1.165) is 55.1 Å². The first-order valence-corrected chi connectivity index (χ1v) is 10.6. The van der Waals surface area contributed by atoms with Crippen molar-refractivity contribution in [1.29, 1.82) is 0 Å². The van der Waals surface area contributed by atoms with Crippen LogP contribution < -0.4 is 10.6 Å². The molecule has 0 aliphatic heterocycles. The molecule has 6 heteroatoms. The van der Waals surface area contributed by atoms with Crippen LogP contribution in [0.5, 0.6) is 0 Å². The number of hydrogen-bond donors (Lipinski definition) is 2. The number of hydrogen-bond acceptors (Lipinski definition) is 3. The molecule has 0 amide bonds. The first kappa shape index (κ1) is 20.6. The second kappa shape index (κ2) is 8.31. The highest BCUT2D eigenvalue weighted by Crippen LogP contribution is 2.31. The number of pyridine rings is 2. The van der Waals surface area contributed by atoms with Gasteiger partial charge in [0.25, 0.3) is 0 Å². The van der Waals surface area contributed by atoms with Crippen molar-refractivity contribution >= 4 is 28.6 Å². The molecule has 0 fully saturated rings. The molecule has 0 saturated carbocycles. The molecule has 0 saturated heterocycles. The standard InChI is InChI=1S/C27H22FN5/c1-4-24-20(11-17(3)21-13-29-10-9-16(21)2)27(33-32-24)25-12-19-22(14-30-15-26(19)31-25)18-7-5-6-8-23(18)28/h4-15,31-32H,3H2,1-2H3/b20-11+,24-4+. The van der Waals surface area contributed by atoms with Crippen LogP contribution >= 0.6 is 0 Å². The summed E-state index contributed by atoms with van der Waals surface area (Å²) < 4.78 is 14.5. The van der Waals surface area contributed by atoms with Crippen LogP contribution in [-0.4, -0.2) is 25.1 Å². The average molecular weight is 436 g/mol. The van der Waals surface area contributed by atoms with E-state index in [0.29, 0.717) is 5.56 Å². The topological polar surface area (TPSA) is 70.2 Å². The van der Waals surface area contributed by atoms with Crippen LogP contribution in [0.1, 0.15) is 18.1 Å². The van der Waals surface area contributed by atoms with Crippen LogP contribution in [0.2, 0.25) is 0 Å². The van der Waals surface area contributed by atoms with Gasteiger partial charge in [-0.25, -0.2) is 4.39 Å². The molecule has 162 valence electrons. The Morgan fingerprint density at radius 2 is 1.91 bits per heavy atom. The minimum Gasteiger partial charge on any atom is -0.352 e. The molecular formula is C27H22FN5. The fourth-order valence-electron chi connectivity index (χ4n) is 4.06. The summed E-state index contributed by atoms with van der Waals surface area (Å²) in [5, 5.41) is 10.4. The van der Waals surface area contributed by atoms with Crippen LogP contribution in [0.3, 0.4) is 0 Å². The summed E-state index contributed by atoms with van der Waals surface area (Å²) in [6.07, 6.45) is 11.0. The Morgan fingerprint density at radius 1 is 1.06 bits per heavy atom. The van der Waals surface area contributed by atoms with Gasteiger partial charge < -0.3 is 4.98 Å². The fourth-order valence-corrected chi connectivity index (χ4v) is 4.06. The van der Waals surface area contributed by atoms with Crippen molar-refractivity contribution in [3.05, 3.63) is 95.3 Å². The molecule has 4 heterocycles. The molecule has 0 bridgehead atoms. The maximum atomic E-state index is 14.5. The fraction of sp³-hybridized carbons (Fsp3) is 0.0741. The number of halogens is 1. The molecule has 0 aliphatic rings. The van der Waals surface area contributed by atoms with E-state index in [4.69, 9.17) is 0 Å². The van der Waals surface area contributed by atoms with Crippen LogP contribution in [0.25, 0.3) is 51.1 Å². The number of fused-ring (bicyclic) bond motifs is 1. The number of aromatic amines is 2. The molecule has 5 nitrogen and oxygen atoms in total. The Kier molecular flexibility index (Phi) is 5.18. The zero-order valence-electron chi connectivity index (χ0n) is 18.4. The number of aryl methyl sites for hydroxylation is 1. The number of nitrogens with one attached hydrogen (secondary N) is 2. The van der Waals surface area contributed by atoms with Crippen LogP contribution in [-0.2, 0) is 0 Å². The van der Waals surface area contributed by atoms with Gasteiger partial charge in [0.2, 0.25) is 0 Å². The molecule has 4 aromatic heterocycles. The lowest BCUT2D eigenvalue weighted by Gasteiger charge is -2.04. The zero-order chi connectivity index (χ0) is 22.9. The van der Waals surface area contributed by atoms with Gasteiger partial charge in [-0.05, 0) is 49.3 Å². The lowest BCUT2D eigenvalue weighted by molar-refractivity contribution is 0.631. The first-order valence-electron chi connectivity index (χ1n) is 10.6. The Labute approximate surface area is 190 Å². The highest BCUT2D eigenvalue weighted by molar-refractivity contribution is 5.97. The molecule has 1 aromatic carbocycles. The highest BCUT2D eigenvalue weighted by atomic mass is 19.1. The minimum atomic E-state index is -0.283. The number of benzene rings is 1. The summed E-state index contributed by atoms with van der Waals surface area (Å²) >= 11 is 0. The second-order valence-corrected chi connectivity index (χ2v) is 7.86. The molecule has 5 aromatic rings. The van der Waals surface area contributed by atoms with Gasteiger partial charge in [-0.2, -0.15) is 5.10 Å². The van der Waals surface area contributed by atoms with Crippen molar-refractivity contribution in [3.8, 4) is 22.5 Å². The van der Waals surface area contributed by atoms with E-state index < -0.39 is 0 Å². The van der Waals surface area contributed by atoms with E-state index in [1.54, 1.807) is 30.7 Å². The summed E-state index contributed by atoms with van der Waals surface area (Å²) in [5.41, 5.74) is 6.53. The van der Waals surface area contributed by atoms with E-state index in [1.165, 1.54) is 6.07 Å². The number of allylic oxidation sites excluding steroid dienone is 1. The number of nitrogens with zero attached hydrogens (tertiary/aromatic N) is 3. The van der Waals surface area contributed by atoms with E-state index in [9.17, 15) is 4.39 Å². The molecule has 0 aliphatic carbocycles. The summed E-state index contributed by atoms with van der Waals surface area (Å²) in [5.74, 6) is -0.283. The van der Waals surface area contributed by atoms with Crippen molar-refractivity contribution in [2.45, 2.75) is 13.8 Å². The summed E-state index contributed by atoms with van der Waals surface area (Å²) in [6, 6.07) is 10.7. The maximum absolute atomic E-state index is 14.5. The third-order valence-electron chi connectivity index (χ3n) is 5.79. The predicted molar refractivity (Wildman–Crippen MR) is 131 cm³/mol. The van der Waals surface area contributed by atoms with Gasteiger partial charge >= 0.3 is 0 Å². The normalized spacial score (nSPS) is 12.6. The lowest BCUT2D eigenvalue weighted by atomic mass is 10.0. The SMILES string of the molecule is C=C(/C=c1/c(-c2cc3c(-c4ccccc4F)cncc3[nH]2)n[nH]/c1=C/C)c1cnccc1C. The molecule has 0 radical (unpaired) electrons. The molecule has 0 spiro atoms. The van der Waals surface area contributed by atoms with E-state index in [2.05, 4.69) is 31.7 Å². The molecule has 0 atom stereocenters. The number of H-pyrrole nitrogens is 2. The Hall–Kier alpha value is -4.32. The predicted octanol–water partition coefficient (Wildman–Crippen LogP) is 4.76. The van der Waals surface area contributed by atoms with Crippen LogP contribution in [0.4, 0.5) is 4.39 Å². The van der Waals surface area contributed by atoms with E-state index in [-0.39, 0.29) is 5.82 Å². The summed E-state index contributed by atoms with van der Waals surface area (Å²) in [6.45, 7) is 8.26. The molecule has 5 rings (SSSR count). The first-order chi connectivity index (χ1) is 16.1. The van der Waals surface area contributed by atoms with Gasteiger partial charge in [-0.3, -0.25) is 15.1 Å². The zero-order valence-corrected chi connectivity index (χ0v) is 18.4. The van der Waals surface area contributed by atoms with Gasteiger partial charge in [0.05, 0.1) is 22.8 Å². The molecular weight excluding hydrogens is 413 g/mol. The maximum Gasteiger partial charge on any atom is 0.131 e. The van der Waals surface area contributed by atoms with Crippen molar-refractivity contribution in [2.75, 3.05) is 0 Å². The highest BCUT2D eigenvalue weighted by Gasteiger charge is 2.14. The van der Waals surface area contributed by atoms with Gasteiger partial charge in [0.15, 0.2) is 0 Å². The van der Waals surface area contributed by atoms with Gasteiger partial charge in [-0.1, -0.05) is 30.9 Å². The monoisotopic (exact) mass is 435 g/mol. The third-order valence-corrected chi connectivity index (χ3v) is 5.79. The van der Waals surface area contributed by atoms with Gasteiger partial charge in [0.1, 0.15) is 11.5 Å². The van der Waals surface area contributed by atoms with Gasteiger partial charge in [-0.15, -0.1) is 0 Å². The molecule has 0 unspecified atom stereocenters. The number of rotatable bonds is 4. The second-order valence-electron chi connectivity index (χ2n) is 7.86. The van der Waals surface area contributed by atoms with Crippen LogP contribution in [0.15, 0.2) is 67.8 Å². The van der Waals surface area contributed by atoms with Gasteiger partial charge in [0, 0.05) is 45.9 Å². The molecule has 2 N–H and O–H groups in total. The smallest absolute Gasteiger partial charge is 0.131 e. The average Bonchev–Trinajstić information content (AvgIpc) is 3.43. The summed E-state index contributed by atoms with van der Waals surface area (Å²) in [4.78, 5) is 12.0. The van der Waals surface area contributed by atoms with Crippen LogP contribution in [0, 0.1) is 12.7 Å². The summed E-state index contributed by atoms with van der Waals surface area (Å²) in [7, 11) is 0. The van der Waals surface area contributed by atoms with E-state index in [1.807, 2.05) is 50.4 Å². The lowest BCUT2D eigenvalue weighted by Crippen LogP contribution is -2.23. The largest absolute Gasteiger partial charge is 0.352 e. The Bertz CT molecular complexity index is 1620. The third kappa shape index (κ3) is 3.65. The van der Waals surface area contributed by atoms with Crippen molar-refractivity contribution < 1.29 is 4.39 Å². The van der Waals surface area contributed by atoms with E-state index >= 15 is 0 Å². The van der Waals surface area contributed by atoms with Crippen molar-refractivity contribution in [3.63, 3.8) is 0 Å². The number of aromatic nitrogens is 5. The quantitative estimate of drug-likeness (QED) is 0.428. The minimum absolute atomic E-state index is 0.283. The molecule has 33 heavy (non-hydrogen) atoms. The van der Waals surface area contributed by atoms with Crippen molar-refractivity contribution in [1.82, 2.24) is 25.1 Å².